The van der Waals surface area contributed by atoms with Gasteiger partial charge in [-0.05, 0) is 30.5 Å². The average Bonchev–Trinajstić information content (AvgIpc) is 3.05. The molecule has 136 valence electrons. The number of aromatic amines is 1. The number of nitrogens with one attached hydrogen (secondary N) is 3. The number of benzene rings is 2. The van der Waals surface area contributed by atoms with E-state index in [4.69, 9.17) is 0 Å². The SMILES string of the molecule is CSc1n[nH]c2nc(Nc3cccc(O)c3)nc(Nc3cccc(O)c3)c12. The van der Waals surface area contributed by atoms with Crippen molar-refractivity contribution in [3.63, 3.8) is 0 Å². The van der Waals surface area contributed by atoms with Gasteiger partial charge in [0.2, 0.25) is 5.95 Å². The van der Waals surface area contributed by atoms with Crippen LogP contribution in [0.25, 0.3) is 11.0 Å². The van der Waals surface area contributed by atoms with Gasteiger partial charge in [0.1, 0.15) is 22.3 Å². The van der Waals surface area contributed by atoms with Crippen molar-refractivity contribution in [1.29, 1.82) is 0 Å². The van der Waals surface area contributed by atoms with Gasteiger partial charge in [0.25, 0.3) is 0 Å². The van der Waals surface area contributed by atoms with Gasteiger partial charge in [-0.25, -0.2) is 0 Å². The molecule has 0 fully saturated rings. The monoisotopic (exact) mass is 380 g/mol. The van der Waals surface area contributed by atoms with Crippen LogP contribution in [0.1, 0.15) is 0 Å². The molecule has 2 aromatic carbocycles. The Morgan fingerprint density at radius 1 is 0.926 bits per heavy atom. The molecule has 8 nitrogen and oxygen atoms in total. The minimum absolute atomic E-state index is 0.144. The summed E-state index contributed by atoms with van der Waals surface area (Å²) >= 11 is 1.48. The lowest BCUT2D eigenvalue weighted by Gasteiger charge is -2.11. The van der Waals surface area contributed by atoms with Crippen LogP contribution in [-0.4, -0.2) is 36.6 Å². The molecule has 27 heavy (non-hydrogen) atoms. The molecule has 0 unspecified atom stereocenters. The van der Waals surface area contributed by atoms with Crippen LogP contribution in [0.2, 0.25) is 0 Å². The van der Waals surface area contributed by atoms with E-state index in [2.05, 4.69) is 30.8 Å². The van der Waals surface area contributed by atoms with Crippen LogP contribution in [-0.2, 0) is 0 Å². The van der Waals surface area contributed by atoms with Crippen LogP contribution < -0.4 is 10.6 Å². The first kappa shape index (κ1) is 17.0. The number of nitrogens with zero attached hydrogens (tertiary/aromatic N) is 3. The van der Waals surface area contributed by atoms with Crippen LogP contribution in [0.3, 0.4) is 0 Å². The van der Waals surface area contributed by atoms with E-state index < -0.39 is 0 Å². The molecule has 4 rings (SSSR count). The minimum atomic E-state index is 0.144. The summed E-state index contributed by atoms with van der Waals surface area (Å²) in [7, 11) is 0. The lowest BCUT2D eigenvalue weighted by atomic mass is 10.3. The van der Waals surface area contributed by atoms with Crippen molar-refractivity contribution in [1.82, 2.24) is 20.2 Å². The van der Waals surface area contributed by atoms with E-state index in [1.165, 1.54) is 11.8 Å². The second-order valence-corrected chi connectivity index (χ2v) is 6.50. The van der Waals surface area contributed by atoms with Crippen LogP contribution in [0.5, 0.6) is 11.5 Å². The maximum Gasteiger partial charge on any atom is 0.231 e. The predicted molar refractivity (Wildman–Crippen MR) is 106 cm³/mol. The third kappa shape index (κ3) is 3.58. The summed E-state index contributed by atoms with van der Waals surface area (Å²) in [5.74, 6) is 1.18. The Hall–Kier alpha value is -3.46. The maximum absolute atomic E-state index is 9.71. The first-order valence-corrected chi connectivity index (χ1v) is 9.27. The normalized spacial score (nSPS) is 10.9. The second-order valence-electron chi connectivity index (χ2n) is 5.70. The van der Waals surface area contributed by atoms with E-state index in [0.29, 0.717) is 28.8 Å². The van der Waals surface area contributed by atoms with E-state index in [0.717, 1.165) is 10.4 Å². The molecule has 0 aliphatic heterocycles. The van der Waals surface area contributed by atoms with Gasteiger partial charge in [-0.1, -0.05) is 12.1 Å². The van der Waals surface area contributed by atoms with Gasteiger partial charge in [0.05, 0.1) is 5.39 Å². The van der Waals surface area contributed by atoms with Crippen molar-refractivity contribution in [2.24, 2.45) is 0 Å². The zero-order chi connectivity index (χ0) is 18.8. The van der Waals surface area contributed by atoms with Crippen molar-refractivity contribution in [2.75, 3.05) is 16.9 Å². The number of aromatic nitrogens is 4. The Morgan fingerprint density at radius 3 is 2.22 bits per heavy atom. The molecule has 0 atom stereocenters. The summed E-state index contributed by atoms with van der Waals surface area (Å²) in [4.78, 5) is 9.03. The molecule has 9 heteroatoms. The molecule has 0 aliphatic carbocycles. The highest BCUT2D eigenvalue weighted by atomic mass is 32.2. The summed E-state index contributed by atoms with van der Waals surface area (Å²) in [6.45, 7) is 0. The number of anilines is 4. The van der Waals surface area contributed by atoms with Crippen LogP contribution >= 0.6 is 11.8 Å². The number of hydrogen-bond acceptors (Lipinski definition) is 8. The molecular formula is C18H16N6O2S. The fraction of sp³-hybridized carbons (Fsp3) is 0.0556. The molecular weight excluding hydrogens is 364 g/mol. The van der Waals surface area contributed by atoms with E-state index in [-0.39, 0.29) is 11.5 Å². The summed E-state index contributed by atoms with van der Waals surface area (Å²) in [5.41, 5.74) is 1.91. The highest BCUT2D eigenvalue weighted by Crippen LogP contribution is 2.32. The molecule has 0 radical (unpaired) electrons. The molecule has 2 heterocycles. The zero-order valence-electron chi connectivity index (χ0n) is 14.3. The first-order valence-electron chi connectivity index (χ1n) is 8.04. The van der Waals surface area contributed by atoms with Crippen molar-refractivity contribution in [3.05, 3.63) is 48.5 Å². The largest absolute Gasteiger partial charge is 0.508 e. The second kappa shape index (κ2) is 7.04. The lowest BCUT2D eigenvalue weighted by molar-refractivity contribution is 0.475. The molecule has 0 amide bonds. The predicted octanol–water partition coefficient (Wildman–Crippen LogP) is 3.97. The number of aromatic hydroxyl groups is 2. The van der Waals surface area contributed by atoms with Crippen molar-refractivity contribution in [2.45, 2.75) is 5.03 Å². The number of phenols is 2. The average molecular weight is 380 g/mol. The number of phenolic OH excluding ortho intramolecular Hbond substituents is 2. The number of rotatable bonds is 5. The molecule has 2 aromatic heterocycles. The molecule has 0 saturated heterocycles. The Kier molecular flexibility index (Phi) is 4.43. The Bertz CT molecular complexity index is 1110. The van der Waals surface area contributed by atoms with Crippen molar-refractivity contribution >= 4 is 45.9 Å². The van der Waals surface area contributed by atoms with Crippen LogP contribution in [0, 0.1) is 0 Å². The van der Waals surface area contributed by atoms with Crippen molar-refractivity contribution in [3.8, 4) is 11.5 Å². The molecule has 4 aromatic rings. The van der Waals surface area contributed by atoms with Gasteiger partial charge < -0.3 is 20.8 Å². The lowest BCUT2D eigenvalue weighted by Crippen LogP contribution is -2.02. The van der Waals surface area contributed by atoms with E-state index in [1.807, 2.05) is 12.3 Å². The van der Waals surface area contributed by atoms with E-state index >= 15 is 0 Å². The molecule has 0 aliphatic rings. The van der Waals surface area contributed by atoms with Gasteiger partial charge in [-0.3, -0.25) is 5.10 Å². The van der Waals surface area contributed by atoms with Crippen LogP contribution in [0.4, 0.5) is 23.1 Å². The van der Waals surface area contributed by atoms with Gasteiger partial charge in [-0.15, -0.1) is 11.8 Å². The summed E-state index contributed by atoms with van der Waals surface area (Å²) in [6.07, 6.45) is 1.92. The summed E-state index contributed by atoms with van der Waals surface area (Å²) < 4.78 is 0. The third-order valence-electron chi connectivity index (χ3n) is 3.79. The van der Waals surface area contributed by atoms with Crippen molar-refractivity contribution < 1.29 is 10.2 Å². The summed E-state index contributed by atoms with van der Waals surface area (Å²) in [6, 6.07) is 13.5. The third-order valence-corrected chi connectivity index (χ3v) is 4.47. The van der Waals surface area contributed by atoms with Gasteiger partial charge in [0, 0.05) is 23.5 Å². The van der Waals surface area contributed by atoms with E-state index in [9.17, 15) is 10.2 Å². The Balaban J connectivity index is 1.78. The minimum Gasteiger partial charge on any atom is -0.508 e. The smallest absolute Gasteiger partial charge is 0.231 e. The molecule has 0 bridgehead atoms. The first-order chi connectivity index (χ1) is 13.1. The molecule has 0 spiro atoms. The van der Waals surface area contributed by atoms with Crippen LogP contribution in [0.15, 0.2) is 53.6 Å². The number of hydrogen-bond donors (Lipinski definition) is 5. The topological polar surface area (TPSA) is 119 Å². The fourth-order valence-electron chi connectivity index (χ4n) is 2.63. The highest BCUT2D eigenvalue weighted by molar-refractivity contribution is 7.98. The Labute approximate surface area is 158 Å². The molecule has 0 saturated carbocycles. The number of H-pyrrole nitrogens is 1. The number of thioether (sulfide) groups is 1. The van der Waals surface area contributed by atoms with Gasteiger partial charge >= 0.3 is 0 Å². The van der Waals surface area contributed by atoms with Gasteiger partial charge in [-0.2, -0.15) is 15.1 Å². The Morgan fingerprint density at radius 2 is 1.59 bits per heavy atom. The molecule has 5 N–H and O–H groups in total. The van der Waals surface area contributed by atoms with E-state index in [1.54, 1.807) is 42.5 Å². The maximum atomic E-state index is 9.71. The quantitative estimate of drug-likeness (QED) is 0.330. The fourth-order valence-corrected chi connectivity index (χ4v) is 3.17. The van der Waals surface area contributed by atoms with Gasteiger partial charge in [0.15, 0.2) is 5.65 Å². The number of fused-ring (bicyclic) bond motifs is 1. The zero-order valence-corrected chi connectivity index (χ0v) is 15.1. The summed E-state index contributed by atoms with van der Waals surface area (Å²) in [5, 5.41) is 34.3. The standard InChI is InChI=1S/C18H16N6O2S/c1-27-17-14-15(19-10-4-2-6-12(25)8-10)21-18(22-16(14)23-24-17)20-11-5-3-7-13(26)9-11/h2-9,25-26H,1H3,(H3,19,20,21,22,23,24). The highest BCUT2D eigenvalue weighted by Gasteiger charge is 2.15.